The van der Waals surface area contributed by atoms with Crippen LogP contribution in [0.2, 0.25) is 5.02 Å². The van der Waals surface area contributed by atoms with Crippen LogP contribution in [0.4, 0.5) is 11.5 Å². The van der Waals surface area contributed by atoms with Gasteiger partial charge in [-0.25, -0.2) is 13.4 Å². The summed E-state index contributed by atoms with van der Waals surface area (Å²) < 4.78 is 89.0. The van der Waals surface area contributed by atoms with Gasteiger partial charge in [-0.1, -0.05) is 11.6 Å². The van der Waals surface area contributed by atoms with E-state index in [1.54, 1.807) is 0 Å². The van der Waals surface area contributed by atoms with E-state index < -0.39 is 56.2 Å². The van der Waals surface area contributed by atoms with Gasteiger partial charge in [0.15, 0.2) is 5.82 Å². The number of nitrogens with zero attached hydrogens (tertiary/aromatic N) is 2. The number of fused-ring (bicyclic) bond motifs is 1. The molecule has 0 fully saturated rings. The second-order valence-corrected chi connectivity index (χ2v) is 11.7. The van der Waals surface area contributed by atoms with Crippen molar-refractivity contribution < 1.29 is 39.5 Å². The normalized spacial score (nSPS) is 12.0. The molecule has 3 rings (SSSR count). The smallest absolute Gasteiger partial charge is 0.295 e. The first-order chi connectivity index (χ1) is 14.5. The maximum absolute atomic E-state index is 11.8. The minimum atomic E-state index is -4.89. The van der Waals surface area contributed by atoms with E-state index in [0.717, 1.165) is 24.5 Å². The maximum atomic E-state index is 11.8. The number of anilines is 2. The Kier molecular flexibility index (Phi) is 10.0. The maximum Gasteiger partial charge on any atom is 0.295 e. The van der Waals surface area contributed by atoms with Crippen LogP contribution in [0.5, 0.6) is 5.75 Å². The molecule has 0 spiro atoms. The van der Waals surface area contributed by atoms with E-state index in [-0.39, 0.29) is 86.7 Å². The van der Waals surface area contributed by atoms with Crippen LogP contribution in [-0.4, -0.2) is 115 Å². The molecule has 0 aliphatic heterocycles. The van der Waals surface area contributed by atoms with Crippen molar-refractivity contribution in [2.75, 3.05) is 11.6 Å². The van der Waals surface area contributed by atoms with Crippen LogP contribution in [0.3, 0.4) is 0 Å². The quantitative estimate of drug-likeness (QED) is 0.194. The molecule has 1 heterocycles. The molecule has 0 aliphatic rings. The number of aryl methyl sites for hydroxylation is 1. The third-order valence-electron chi connectivity index (χ3n) is 4.18. The molecule has 3 aromatic rings. The average molecular weight is 570 g/mol. The summed E-state index contributed by atoms with van der Waals surface area (Å²) in [5.41, 5.74) is 0.0209. The number of phenols is 1. The largest absolute Gasteiger partial charge is 0.507 e. The molecule has 0 saturated heterocycles. The van der Waals surface area contributed by atoms with Crippen LogP contribution in [0.1, 0.15) is 5.69 Å². The summed E-state index contributed by atoms with van der Waals surface area (Å²) in [5, 5.41) is 11.7. The number of rotatable bonds is 5. The first-order valence-corrected chi connectivity index (χ1v) is 13.4. The molecule has 0 aliphatic carbocycles. The average Bonchev–Trinajstić information content (AvgIpc) is 2.62. The number of benzene rings is 2. The fourth-order valence-electron chi connectivity index (χ4n) is 2.80. The van der Waals surface area contributed by atoms with Crippen molar-refractivity contribution in [2.45, 2.75) is 21.9 Å². The van der Waals surface area contributed by atoms with Crippen molar-refractivity contribution in [3.8, 4) is 5.75 Å². The SMILES string of the molecule is Cc1nc(S(C)(=O)=O)nc(Nc2ccc(S(=O)(=O)O)c3cc(S(=O)(=O)O)cc(O)c23)c1Cl.[Na].[Na]. The molecule has 0 unspecified atom stereocenters. The molecule has 174 valence electrons. The first-order valence-electron chi connectivity index (χ1n) is 8.26. The zero-order valence-corrected chi connectivity index (χ0v) is 25.3. The number of phenolic OH excluding ortho intramolecular Hbond substituents is 1. The van der Waals surface area contributed by atoms with E-state index in [0.29, 0.717) is 6.07 Å². The summed E-state index contributed by atoms with van der Waals surface area (Å²) in [6.45, 7) is 1.42. The Labute approximate surface area is 244 Å². The summed E-state index contributed by atoms with van der Waals surface area (Å²) in [4.78, 5) is 6.02. The number of halogens is 1. The molecule has 0 saturated carbocycles. The van der Waals surface area contributed by atoms with Gasteiger partial charge in [-0.05, 0) is 25.1 Å². The van der Waals surface area contributed by atoms with Gasteiger partial charge in [0.25, 0.3) is 20.2 Å². The van der Waals surface area contributed by atoms with Crippen LogP contribution in [0, 0.1) is 6.92 Å². The van der Waals surface area contributed by atoms with E-state index in [9.17, 15) is 39.5 Å². The number of hydrogen-bond donors (Lipinski definition) is 4. The van der Waals surface area contributed by atoms with Crippen molar-refractivity contribution in [1.82, 2.24) is 9.97 Å². The number of hydrogen-bond acceptors (Lipinski definition) is 10. The summed E-state index contributed by atoms with van der Waals surface area (Å²) in [6, 6.07) is 3.39. The van der Waals surface area contributed by atoms with Gasteiger partial charge >= 0.3 is 0 Å². The Balaban J connectivity index is 0.00000289. The monoisotopic (exact) mass is 569 g/mol. The van der Waals surface area contributed by atoms with Gasteiger partial charge in [-0.2, -0.15) is 21.8 Å². The van der Waals surface area contributed by atoms with Gasteiger partial charge in [0.2, 0.25) is 15.0 Å². The summed E-state index contributed by atoms with van der Waals surface area (Å²) in [5.74, 6) is -0.993. The summed E-state index contributed by atoms with van der Waals surface area (Å²) in [6.07, 6.45) is 0.873. The Bertz CT molecular complexity index is 1610. The Hall–Kier alpha value is -0.560. The van der Waals surface area contributed by atoms with Crippen molar-refractivity contribution in [3.05, 3.63) is 35.0 Å². The molecule has 4 N–H and O–H groups in total. The van der Waals surface area contributed by atoms with Crippen LogP contribution < -0.4 is 5.32 Å². The van der Waals surface area contributed by atoms with Crippen LogP contribution >= 0.6 is 11.6 Å². The first kappa shape index (κ1) is 31.5. The van der Waals surface area contributed by atoms with Crippen molar-refractivity contribution in [1.29, 1.82) is 0 Å². The standard InChI is InChI=1S/C16H14ClN3O9S3.2Na/c1-7-14(17)15(20-16(18-7)30(2,22)23)19-10-3-4-12(32(27,28)29)9-5-8(31(24,25)26)6-11(21)13(9)10;;/h3-6,21H,1-2H3,(H,18,19,20)(H,24,25,26)(H,27,28,29);;. The number of aromatic nitrogens is 2. The molecule has 18 heteroatoms. The van der Waals surface area contributed by atoms with Gasteiger partial charge in [0.1, 0.15) is 15.7 Å². The second-order valence-electron chi connectivity index (χ2n) is 6.58. The van der Waals surface area contributed by atoms with Gasteiger partial charge in [0.05, 0.1) is 16.3 Å². The van der Waals surface area contributed by atoms with Gasteiger partial charge in [0, 0.05) is 82.2 Å². The van der Waals surface area contributed by atoms with Crippen LogP contribution in [0.25, 0.3) is 10.8 Å². The topological polar surface area (TPSA) is 201 Å². The molecular weight excluding hydrogens is 556 g/mol. The molecular formula is C16H14ClN3Na2O9S3. The summed E-state index contributed by atoms with van der Waals surface area (Å²) >= 11 is 6.15. The van der Waals surface area contributed by atoms with E-state index in [2.05, 4.69) is 15.3 Å². The Morgan fingerprint density at radius 1 is 0.941 bits per heavy atom. The van der Waals surface area contributed by atoms with E-state index in [1.165, 1.54) is 6.92 Å². The minimum absolute atomic E-state index is 0. The Morgan fingerprint density at radius 2 is 1.53 bits per heavy atom. The third kappa shape index (κ3) is 6.60. The Morgan fingerprint density at radius 3 is 2.03 bits per heavy atom. The molecule has 12 nitrogen and oxygen atoms in total. The van der Waals surface area contributed by atoms with E-state index in [4.69, 9.17) is 11.6 Å². The molecule has 0 atom stereocenters. The fourth-order valence-corrected chi connectivity index (χ4v) is 4.70. The van der Waals surface area contributed by atoms with E-state index in [1.807, 2.05) is 0 Å². The van der Waals surface area contributed by atoms with Crippen molar-refractivity contribution in [2.24, 2.45) is 0 Å². The van der Waals surface area contributed by atoms with Gasteiger partial charge < -0.3 is 10.4 Å². The van der Waals surface area contributed by atoms with Crippen molar-refractivity contribution >= 4 is 123 Å². The number of aromatic hydroxyl groups is 1. The molecule has 0 amide bonds. The predicted molar refractivity (Wildman–Crippen MR) is 125 cm³/mol. The molecule has 2 radical (unpaired) electrons. The van der Waals surface area contributed by atoms with Gasteiger partial charge in [-0.15, -0.1) is 0 Å². The molecule has 2 aromatic carbocycles. The fraction of sp³-hybridized carbons (Fsp3) is 0.125. The van der Waals surface area contributed by atoms with Crippen LogP contribution in [-0.2, 0) is 30.1 Å². The number of nitrogens with one attached hydrogen (secondary N) is 1. The second kappa shape index (κ2) is 10.8. The molecule has 1 aromatic heterocycles. The predicted octanol–water partition coefficient (Wildman–Crippen LogP) is 1.18. The van der Waals surface area contributed by atoms with Gasteiger partial charge in [-0.3, -0.25) is 9.11 Å². The van der Waals surface area contributed by atoms with Crippen molar-refractivity contribution in [3.63, 3.8) is 0 Å². The minimum Gasteiger partial charge on any atom is -0.507 e. The van der Waals surface area contributed by atoms with Crippen LogP contribution in [0.15, 0.2) is 39.2 Å². The molecule has 34 heavy (non-hydrogen) atoms. The zero-order valence-electron chi connectivity index (χ0n) is 18.1. The number of sulfone groups is 1. The third-order valence-corrected chi connectivity index (χ3v) is 7.23. The molecule has 0 bridgehead atoms. The van der Waals surface area contributed by atoms with E-state index >= 15 is 0 Å². The zero-order chi connectivity index (χ0) is 24.2. The summed E-state index contributed by atoms with van der Waals surface area (Å²) in [7, 11) is -13.6.